The molecule has 1 aromatic rings. The largest absolute Gasteiger partial charge is 0.376 e. The highest BCUT2D eigenvalue weighted by Gasteiger charge is 2.16. The molecule has 1 saturated heterocycles. The third kappa shape index (κ3) is 3.28. The van der Waals surface area contributed by atoms with Crippen molar-refractivity contribution >= 4 is 0 Å². The SMILES string of the molecule is CCCNCc1cn(CC2CCCO2)nn1. The molecule has 2 heterocycles. The molecule has 1 fully saturated rings. The number of hydrogen-bond acceptors (Lipinski definition) is 4. The minimum Gasteiger partial charge on any atom is -0.376 e. The first-order valence-corrected chi connectivity index (χ1v) is 6.10. The van der Waals surface area contributed by atoms with Crippen molar-refractivity contribution in [1.29, 1.82) is 0 Å². The van der Waals surface area contributed by atoms with Gasteiger partial charge in [-0.25, -0.2) is 4.68 Å². The maximum atomic E-state index is 5.56. The third-order valence-corrected chi connectivity index (χ3v) is 2.73. The van der Waals surface area contributed by atoms with Gasteiger partial charge < -0.3 is 10.1 Å². The highest BCUT2D eigenvalue weighted by molar-refractivity contribution is 4.91. The molecule has 0 radical (unpaired) electrons. The average molecular weight is 224 g/mol. The molecular weight excluding hydrogens is 204 g/mol. The molecule has 0 saturated carbocycles. The lowest BCUT2D eigenvalue weighted by molar-refractivity contribution is 0.0935. The Kier molecular flexibility index (Phi) is 4.30. The lowest BCUT2D eigenvalue weighted by atomic mass is 10.2. The van der Waals surface area contributed by atoms with E-state index in [-0.39, 0.29) is 0 Å². The summed E-state index contributed by atoms with van der Waals surface area (Å²) in [7, 11) is 0. The van der Waals surface area contributed by atoms with Gasteiger partial charge >= 0.3 is 0 Å². The molecule has 90 valence electrons. The Morgan fingerprint density at radius 1 is 1.62 bits per heavy atom. The van der Waals surface area contributed by atoms with E-state index in [9.17, 15) is 0 Å². The van der Waals surface area contributed by atoms with Crippen LogP contribution in [0.2, 0.25) is 0 Å². The second-order valence-electron chi connectivity index (χ2n) is 4.24. The minimum atomic E-state index is 0.332. The van der Waals surface area contributed by atoms with Crippen LogP contribution in [0.25, 0.3) is 0 Å². The van der Waals surface area contributed by atoms with E-state index >= 15 is 0 Å². The highest BCUT2D eigenvalue weighted by atomic mass is 16.5. The maximum absolute atomic E-state index is 5.56. The van der Waals surface area contributed by atoms with E-state index in [1.54, 1.807) is 0 Å². The summed E-state index contributed by atoms with van der Waals surface area (Å²) in [4.78, 5) is 0. The van der Waals surface area contributed by atoms with Gasteiger partial charge in [-0.15, -0.1) is 5.10 Å². The van der Waals surface area contributed by atoms with Crippen LogP contribution in [0, 0.1) is 0 Å². The minimum absolute atomic E-state index is 0.332. The molecule has 1 aliphatic rings. The van der Waals surface area contributed by atoms with Gasteiger partial charge in [0.05, 0.1) is 18.3 Å². The van der Waals surface area contributed by atoms with Crippen molar-refractivity contribution < 1.29 is 4.74 Å². The molecule has 1 aliphatic heterocycles. The predicted octanol–water partition coefficient (Wildman–Crippen LogP) is 0.957. The van der Waals surface area contributed by atoms with Gasteiger partial charge in [-0.3, -0.25) is 0 Å². The normalized spacial score (nSPS) is 20.4. The van der Waals surface area contributed by atoms with Gasteiger partial charge in [0, 0.05) is 19.3 Å². The van der Waals surface area contributed by atoms with Crippen LogP contribution in [-0.4, -0.2) is 34.2 Å². The van der Waals surface area contributed by atoms with E-state index in [1.807, 2.05) is 10.9 Å². The van der Waals surface area contributed by atoms with Crippen molar-refractivity contribution in [3.05, 3.63) is 11.9 Å². The summed E-state index contributed by atoms with van der Waals surface area (Å²) in [5, 5.41) is 11.5. The van der Waals surface area contributed by atoms with Gasteiger partial charge in [-0.2, -0.15) is 0 Å². The van der Waals surface area contributed by atoms with Crippen molar-refractivity contribution in [2.24, 2.45) is 0 Å². The summed E-state index contributed by atoms with van der Waals surface area (Å²) >= 11 is 0. The Labute approximate surface area is 96.2 Å². The molecule has 1 atom stereocenters. The molecule has 0 amide bonds. The fourth-order valence-corrected chi connectivity index (χ4v) is 1.90. The van der Waals surface area contributed by atoms with Gasteiger partial charge in [0.2, 0.25) is 0 Å². The fourth-order valence-electron chi connectivity index (χ4n) is 1.90. The van der Waals surface area contributed by atoms with Crippen molar-refractivity contribution in [1.82, 2.24) is 20.3 Å². The van der Waals surface area contributed by atoms with Crippen LogP contribution in [-0.2, 0) is 17.8 Å². The molecule has 1 aromatic heterocycles. The molecule has 0 aromatic carbocycles. The number of aromatic nitrogens is 3. The first-order valence-electron chi connectivity index (χ1n) is 6.10. The topological polar surface area (TPSA) is 52.0 Å². The smallest absolute Gasteiger partial charge is 0.0964 e. The molecule has 16 heavy (non-hydrogen) atoms. The molecule has 5 heteroatoms. The molecule has 2 rings (SSSR count). The first-order chi connectivity index (χ1) is 7.88. The Bertz CT molecular complexity index is 307. The fraction of sp³-hybridized carbons (Fsp3) is 0.818. The molecular formula is C11H20N4O. The zero-order valence-corrected chi connectivity index (χ0v) is 9.85. The number of nitrogens with zero attached hydrogens (tertiary/aromatic N) is 3. The lowest BCUT2D eigenvalue weighted by Gasteiger charge is -2.07. The first kappa shape index (κ1) is 11.5. The van der Waals surface area contributed by atoms with Gasteiger partial charge in [0.15, 0.2) is 0 Å². The molecule has 0 bridgehead atoms. The zero-order valence-electron chi connectivity index (χ0n) is 9.85. The van der Waals surface area contributed by atoms with E-state index in [4.69, 9.17) is 4.74 Å². The zero-order chi connectivity index (χ0) is 11.2. The van der Waals surface area contributed by atoms with Crippen LogP contribution < -0.4 is 5.32 Å². The highest BCUT2D eigenvalue weighted by Crippen LogP contribution is 2.13. The van der Waals surface area contributed by atoms with Gasteiger partial charge in [-0.05, 0) is 25.8 Å². The maximum Gasteiger partial charge on any atom is 0.0964 e. The van der Waals surface area contributed by atoms with Crippen molar-refractivity contribution in [2.75, 3.05) is 13.2 Å². The molecule has 1 N–H and O–H groups in total. The second-order valence-corrected chi connectivity index (χ2v) is 4.24. The summed E-state index contributed by atoms with van der Waals surface area (Å²) in [6.45, 7) is 5.71. The van der Waals surface area contributed by atoms with E-state index in [2.05, 4.69) is 22.6 Å². The second kappa shape index (κ2) is 5.96. The third-order valence-electron chi connectivity index (χ3n) is 2.73. The summed E-state index contributed by atoms with van der Waals surface area (Å²) in [5.41, 5.74) is 1.01. The summed E-state index contributed by atoms with van der Waals surface area (Å²) in [6.07, 6.45) is 5.79. The van der Waals surface area contributed by atoms with Crippen molar-refractivity contribution in [3.63, 3.8) is 0 Å². The van der Waals surface area contributed by atoms with Crippen molar-refractivity contribution in [2.45, 2.75) is 45.4 Å². The predicted molar refractivity (Wildman–Crippen MR) is 61.0 cm³/mol. The summed E-state index contributed by atoms with van der Waals surface area (Å²) < 4.78 is 7.45. The lowest BCUT2D eigenvalue weighted by Crippen LogP contribution is -2.15. The Morgan fingerprint density at radius 3 is 3.31 bits per heavy atom. The van der Waals surface area contributed by atoms with E-state index in [0.717, 1.165) is 44.8 Å². The Morgan fingerprint density at radius 2 is 2.56 bits per heavy atom. The van der Waals surface area contributed by atoms with Crippen LogP contribution in [0.1, 0.15) is 31.9 Å². The van der Waals surface area contributed by atoms with Gasteiger partial charge in [-0.1, -0.05) is 12.1 Å². The Balaban J connectivity index is 1.77. The molecule has 0 aliphatic carbocycles. The van der Waals surface area contributed by atoms with Gasteiger partial charge in [0.1, 0.15) is 0 Å². The summed E-state index contributed by atoms with van der Waals surface area (Å²) in [5.74, 6) is 0. The average Bonchev–Trinajstić information content (AvgIpc) is 2.91. The van der Waals surface area contributed by atoms with E-state index in [1.165, 1.54) is 6.42 Å². The Hall–Kier alpha value is -0.940. The van der Waals surface area contributed by atoms with Crippen LogP contribution in [0.15, 0.2) is 6.20 Å². The van der Waals surface area contributed by atoms with Crippen molar-refractivity contribution in [3.8, 4) is 0 Å². The monoisotopic (exact) mass is 224 g/mol. The van der Waals surface area contributed by atoms with E-state index < -0.39 is 0 Å². The van der Waals surface area contributed by atoms with Crippen LogP contribution in [0.5, 0.6) is 0 Å². The number of rotatable bonds is 6. The van der Waals surface area contributed by atoms with Crippen LogP contribution in [0.4, 0.5) is 0 Å². The number of nitrogens with one attached hydrogen (secondary N) is 1. The molecule has 1 unspecified atom stereocenters. The summed E-state index contributed by atoms with van der Waals surface area (Å²) in [6, 6.07) is 0. The quantitative estimate of drug-likeness (QED) is 0.731. The number of ether oxygens (including phenoxy) is 1. The van der Waals surface area contributed by atoms with Crippen LogP contribution in [0.3, 0.4) is 0 Å². The number of hydrogen-bond donors (Lipinski definition) is 1. The standard InChI is InChI=1S/C11H20N4O/c1-2-5-12-7-10-8-15(14-13-10)9-11-4-3-6-16-11/h8,11-12H,2-7,9H2,1H3. The molecule has 5 nitrogen and oxygen atoms in total. The van der Waals surface area contributed by atoms with E-state index in [0.29, 0.717) is 6.10 Å². The molecule has 0 spiro atoms. The van der Waals surface area contributed by atoms with Crippen LogP contribution >= 0.6 is 0 Å². The van der Waals surface area contributed by atoms with Gasteiger partial charge in [0.25, 0.3) is 0 Å².